The highest BCUT2D eigenvalue weighted by molar-refractivity contribution is 5.45. The highest BCUT2D eigenvalue weighted by Gasteiger charge is 2.65. The van der Waals surface area contributed by atoms with Gasteiger partial charge in [0.1, 0.15) is 22.5 Å². The van der Waals surface area contributed by atoms with Crippen molar-refractivity contribution in [3.05, 3.63) is 46.0 Å². The molecule has 174 valence electrons. The summed E-state index contributed by atoms with van der Waals surface area (Å²) in [5, 5.41) is 1.78. The second kappa shape index (κ2) is 6.91. The molecule has 0 spiro atoms. The van der Waals surface area contributed by atoms with E-state index in [4.69, 9.17) is 0 Å². The summed E-state index contributed by atoms with van der Waals surface area (Å²) in [5.41, 5.74) is -13.6. The lowest BCUT2D eigenvalue weighted by Gasteiger charge is -2.23. The lowest BCUT2D eigenvalue weighted by Crippen LogP contribution is -2.38. The zero-order valence-electron chi connectivity index (χ0n) is 13.4. The van der Waals surface area contributed by atoms with Gasteiger partial charge in [-0.3, -0.25) is 0 Å². The van der Waals surface area contributed by atoms with E-state index in [0.29, 0.717) is 0 Å². The van der Waals surface area contributed by atoms with Crippen LogP contribution in [0, 0.1) is 29.2 Å². The van der Waals surface area contributed by atoms with Crippen molar-refractivity contribution in [2.75, 3.05) is 0 Å². The van der Waals surface area contributed by atoms with Gasteiger partial charge in [0.25, 0.3) is 0 Å². The van der Waals surface area contributed by atoms with Crippen LogP contribution in [-0.4, -0.2) is 16.0 Å². The smallest absolute Gasteiger partial charge is 0.221 e. The molecule has 18 heteroatoms. The molecule has 2 aromatic rings. The molecule has 0 aliphatic rings. The van der Waals surface area contributed by atoms with Crippen molar-refractivity contribution in [2.45, 2.75) is 24.5 Å². The van der Waals surface area contributed by atoms with Crippen LogP contribution in [0.5, 0.6) is 0 Å². The summed E-state index contributed by atoms with van der Waals surface area (Å²) in [6, 6.07) is 0. The Morgan fingerprint density at radius 1 is 0.548 bits per heavy atom. The lowest BCUT2D eigenvalue weighted by molar-refractivity contribution is -0.293. The Labute approximate surface area is 157 Å². The number of hydrogen-bond acceptors (Lipinski definition) is 1. The van der Waals surface area contributed by atoms with Gasteiger partial charge in [-0.25, -0.2) is 22.2 Å². The topological polar surface area (TPSA) is 17.8 Å². The van der Waals surface area contributed by atoms with Crippen LogP contribution in [-0.2, 0) is 18.3 Å². The number of aromatic nitrogens is 2. The third kappa shape index (κ3) is 3.75. The molecule has 1 aromatic heterocycles. The van der Waals surface area contributed by atoms with Gasteiger partial charge in [0, 0.05) is 0 Å². The van der Waals surface area contributed by atoms with Gasteiger partial charge >= 0.3 is 24.5 Å². The predicted molar refractivity (Wildman–Crippen MR) is 63.3 cm³/mol. The molecule has 0 amide bonds. The minimum atomic E-state index is -7.02. The van der Waals surface area contributed by atoms with E-state index < -0.39 is 80.9 Å². The minimum Gasteiger partial charge on any atom is -0.221 e. The second-order valence-corrected chi connectivity index (χ2v) is 5.47. The van der Waals surface area contributed by atoms with Crippen LogP contribution < -0.4 is 0 Å². The first kappa shape index (κ1) is 24.6. The first-order valence-corrected chi connectivity index (χ1v) is 6.89. The van der Waals surface area contributed by atoms with Gasteiger partial charge in [-0.05, 0) is 0 Å². The summed E-state index contributed by atoms with van der Waals surface area (Å²) in [7, 11) is 0. The zero-order chi connectivity index (χ0) is 24.5. The van der Waals surface area contributed by atoms with Crippen molar-refractivity contribution in [3.8, 4) is 5.69 Å². The maximum Gasteiger partial charge on any atom is 0.459 e. The fourth-order valence-electron chi connectivity index (χ4n) is 2.28. The van der Waals surface area contributed by atoms with E-state index in [2.05, 4.69) is 0 Å². The van der Waals surface area contributed by atoms with Crippen LogP contribution in [0.3, 0.4) is 0 Å². The molecule has 0 saturated carbocycles. The molecular weight excluding hydrogens is 488 g/mol. The van der Waals surface area contributed by atoms with Crippen molar-refractivity contribution >= 4 is 0 Å². The van der Waals surface area contributed by atoms with Crippen molar-refractivity contribution in [1.82, 2.24) is 9.78 Å². The van der Waals surface area contributed by atoms with Crippen LogP contribution in [0.15, 0.2) is 0 Å². The number of benzene rings is 1. The van der Waals surface area contributed by atoms with E-state index >= 15 is 0 Å². The van der Waals surface area contributed by atoms with Crippen molar-refractivity contribution < 1.29 is 70.2 Å². The maximum absolute atomic E-state index is 13.9. The van der Waals surface area contributed by atoms with Gasteiger partial charge in [0.05, 0.1) is 0 Å². The van der Waals surface area contributed by atoms with Crippen molar-refractivity contribution in [3.63, 3.8) is 0 Å². The van der Waals surface area contributed by atoms with E-state index in [9.17, 15) is 70.2 Å². The van der Waals surface area contributed by atoms with Crippen LogP contribution in [0.25, 0.3) is 5.69 Å². The third-order valence-electron chi connectivity index (χ3n) is 3.52. The molecule has 0 bridgehead atoms. The van der Waals surface area contributed by atoms with Gasteiger partial charge in [0.2, 0.25) is 5.95 Å². The monoisotopic (exact) mass is 488 g/mol. The summed E-state index contributed by atoms with van der Waals surface area (Å²) in [4.78, 5) is 0. The van der Waals surface area contributed by atoms with Gasteiger partial charge in [-0.1, -0.05) is 0 Å². The predicted octanol–water partition coefficient (Wildman–Crippen LogP) is 6.26. The van der Waals surface area contributed by atoms with E-state index in [1.807, 2.05) is 0 Å². The molecule has 2 nitrogen and oxygen atoms in total. The molecule has 0 unspecified atom stereocenters. The summed E-state index contributed by atoms with van der Waals surface area (Å²) in [6.45, 7) is 0. The summed E-state index contributed by atoms with van der Waals surface area (Å²) >= 11 is 0. The Balaban J connectivity index is 3.12. The van der Waals surface area contributed by atoms with Crippen LogP contribution in [0.1, 0.15) is 16.8 Å². The molecule has 31 heavy (non-hydrogen) atoms. The number of rotatable bonds is 2. The molecule has 0 fully saturated rings. The molecule has 1 aromatic carbocycles. The molecule has 0 saturated heterocycles. The number of hydrogen-bond donors (Lipinski definition) is 0. The van der Waals surface area contributed by atoms with Crippen LogP contribution >= 0.6 is 0 Å². The SMILES string of the molecule is Fc1nn(-c2c(F)c(F)c(C(F)(F)F)c(F)c2F)c(C(F)(F)C(F)(F)F)c1C(F)(F)F. The third-order valence-corrected chi connectivity index (χ3v) is 3.52. The van der Waals surface area contributed by atoms with E-state index in [-0.39, 0.29) is 0 Å². The highest BCUT2D eigenvalue weighted by Crippen LogP contribution is 2.50. The van der Waals surface area contributed by atoms with Gasteiger partial charge in [-0.2, -0.15) is 52.7 Å². The average molecular weight is 488 g/mol. The largest absolute Gasteiger partial charge is 0.459 e. The average Bonchev–Trinajstić information content (AvgIpc) is 2.89. The Morgan fingerprint density at radius 3 is 1.26 bits per heavy atom. The fourth-order valence-corrected chi connectivity index (χ4v) is 2.28. The molecule has 0 radical (unpaired) electrons. The second-order valence-electron chi connectivity index (χ2n) is 5.47. The molecule has 0 aliphatic heterocycles. The zero-order valence-corrected chi connectivity index (χ0v) is 13.4. The Bertz CT molecular complexity index is 993. The number of alkyl halides is 11. The Morgan fingerprint density at radius 2 is 0.935 bits per heavy atom. The van der Waals surface area contributed by atoms with Crippen LogP contribution in [0.2, 0.25) is 0 Å². The van der Waals surface area contributed by atoms with E-state index in [1.165, 1.54) is 0 Å². The van der Waals surface area contributed by atoms with Gasteiger partial charge in [-0.15, -0.1) is 5.10 Å². The standard InChI is InChI=1S/C13F16N2/c14-3-1(11(21,22)23)4(15)6(17)7(5(3)16)31-8(10(19,20)13(27,28)29)2(9(18)30-31)12(24,25)26. The molecule has 1 heterocycles. The van der Waals surface area contributed by atoms with Gasteiger partial charge in [0.15, 0.2) is 23.3 Å². The first-order valence-electron chi connectivity index (χ1n) is 6.89. The quantitative estimate of drug-likeness (QED) is 0.361. The lowest BCUT2D eigenvalue weighted by atomic mass is 10.1. The fraction of sp³-hybridized carbons (Fsp3) is 0.308. The Hall–Kier alpha value is -2.69. The summed E-state index contributed by atoms with van der Waals surface area (Å²) < 4.78 is 208. The van der Waals surface area contributed by atoms with Crippen molar-refractivity contribution in [2.24, 2.45) is 0 Å². The highest BCUT2D eigenvalue weighted by atomic mass is 19.4. The molecule has 0 N–H and O–H groups in total. The molecule has 0 atom stereocenters. The van der Waals surface area contributed by atoms with E-state index in [0.717, 1.165) is 0 Å². The Kier molecular flexibility index (Phi) is 5.48. The first-order chi connectivity index (χ1) is 13.7. The van der Waals surface area contributed by atoms with Crippen molar-refractivity contribution in [1.29, 1.82) is 0 Å². The molecule has 2 rings (SSSR count). The normalized spacial score (nSPS) is 13.8. The maximum atomic E-state index is 13.9. The molecular formula is C13F16N2. The number of nitrogens with zero attached hydrogens (tertiary/aromatic N) is 2. The van der Waals surface area contributed by atoms with Crippen LogP contribution in [0.4, 0.5) is 70.2 Å². The minimum absolute atomic E-state index is 1.78. The molecule has 0 aliphatic carbocycles. The summed E-state index contributed by atoms with van der Waals surface area (Å²) in [6.07, 6.45) is -19.7. The number of halogens is 16. The van der Waals surface area contributed by atoms with Gasteiger partial charge < -0.3 is 0 Å². The van der Waals surface area contributed by atoms with E-state index in [1.54, 1.807) is 5.10 Å². The summed E-state index contributed by atoms with van der Waals surface area (Å²) in [5.74, 6) is -23.7.